The van der Waals surface area contributed by atoms with Gasteiger partial charge in [0.15, 0.2) is 29.2 Å². The van der Waals surface area contributed by atoms with Crippen molar-refractivity contribution in [1.82, 2.24) is 16.1 Å². The summed E-state index contributed by atoms with van der Waals surface area (Å²) in [4.78, 5) is 24.5. The molecule has 0 radical (unpaired) electrons. The monoisotopic (exact) mass is 592 g/mol. The molecule has 204 valence electrons. The van der Waals surface area contributed by atoms with Crippen molar-refractivity contribution in [2.24, 2.45) is 5.10 Å². The Kier molecular flexibility index (Phi) is 9.79. The van der Waals surface area contributed by atoms with E-state index in [2.05, 4.69) is 37.1 Å². The number of aliphatic hydroxyl groups is 1. The van der Waals surface area contributed by atoms with Crippen molar-refractivity contribution in [3.05, 3.63) is 57.2 Å². The maximum Gasteiger partial charge on any atom is 0.337 e. The zero-order chi connectivity index (χ0) is 27.8. The van der Waals surface area contributed by atoms with Crippen molar-refractivity contribution in [2.75, 3.05) is 27.4 Å². The Hall–Kier alpha value is -3.97. The number of methoxy groups -OCH3 is 2. The number of nitrogens with one attached hydrogen (secondary N) is 3. The number of allylic oxidation sites excluding steroid dienone is 1. The minimum Gasteiger partial charge on any atom is -0.504 e. The molecule has 0 spiro atoms. The lowest BCUT2D eigenvalue weighted by molar-refractivity contribution is -0.136. The van der Waals surface area contributed by atoms with Gasteiger partial charge in [-0.15, -0.1) is 0 Å². The van der Waals surface area contributed by atoms with E-state index in [9.17, 15) is 19.8 Å². The van der Waals surface area contributed by atoms with Crippen LogP contribution in [-0.4, -0.2) is 62.1 Å². The number of halogens is 1. The number of phenolic OH excluding ortho intramolecular Hbond substituents is 1. The zero-order valence-electron chi connectivity index (χ0n) is 21.2. The summed E-state index contributed by atoms with van der Waals surface area (Å²) in [6.07, 6.45) is 0.274. The normalized spacial score (nSPS) is 15.9. The van der Waals surface area contributed by atoms with Gasteiger partial charge < -0.3 is 39.8 Å². The number of hydrazone groups is 1. The summed E-state index contributed by atoms with van der Waals surface area (Å²) in [6, 6.07) is 6.79. The molecule has 1 aliphatic rings. The molecule has 1 heterocycles. The summed E-state index contributed by atoms with van der Waals surface area (Å²) in [5, 5.41) is 29.4. The Morgan fingerprint density at radius 2 is 1.97 bits per heavy atom. The Morgan fingerprint density at radius 1 is 1.21 bits per heavy atom. The van der Waals surface area contributed by atoms with Crippen LogP contribution in [0.15, 0.2) is 51.2 Å². The van der Waals surface area contributed by atoms with Crippen molar-refractivity contribution in [3.63, 3.8) is 0 Å². The van der Waals surface area contributed by atoms with Gasteiger partial charge in [-0.25, -0.2) is 9.59 Å². The van der Waals surface area contributed by atoms with Gasteiger partial charge in [-0.05, 0) is 59.6 Å². The molecule has 3 rings (SSSR count). The predicted molar refractivity (Wildman–Crippen MR) is 141 cm³/mol. The van der Waals surface area contributed by atoms with Crippen molar-refractivity contribution in [3.8, 4) is 23.0 Å². The fraction of sp³-hybridized carbons (Fsp3) is 0.320. The predicted octanol–water partition coefficient (Wildman–Crippen LogP) is 2.68. The summed E-state index contributed by atoms with van der Waals surface area (Å²) in [6.45, 7) is 3.57. The van der Waals surface area contributed by atoms with E-state index in [1.165, 1.54) is 26.5 Å². The molecule has 0 bridgehead atoms. The van der Waals surface area contributed by atoms with Crippen molar-refractivity contribution in [1.29, 1.82) is 0 Å². The molecule has 13 heteroatoms. The fourth-order valence-corrected chi connectivity index (χ4v) is 4.07. The molecule has 5 N–H and O–H groups in total. The maximum absolute atomic E-state index is 12.4. The number of nitrogens with zero attached hydrogens (tertiary/aromatic N) is 1. The number of carbonyl (C=O) groups is 2. The molecule has 0 aromatic heterocycles. The zero-order valence-corrected chi connectivity index (χ0v) is 22.8. The first-order valence-corrected chi connectivity index (χ1v) is 12.3. The number of amides is 2. The highest BCUT2D eigenvalue weighted by Crippen LogP contribution is 2.35. The Balaban J connectivity index is 1.71. The van der Waals surface area contributed by atoms with Gasteiger partial charge in [0.05, 0.1) is 38.7 Å². The van der Waals surface area contributed by atoms with Gasteiger partial charge >= 0.3 is 12.0 Å². The van der Waals surface area contributed by atoms with Crippen LogP contribution in [0.25, 0.3) is 0 Å². The van der Waals surface area contributed by atoms with Crippen LogP contribution >= 0.6 is 15.9 Å². The first kappa shape index (κ1) is 28.6. The lowest BCUT2D eigenvalue weighted by atomic mass is 9.95. The summed E-state index contributed by atoms with van der Waals surface area (Å²) in [5.41, 5.74) is 4.38. The highest BCUT2D eigenvalue weighted by atomic mass is 79.9. The van der Waals surface area contributed by atoms with Gasteiger partial charge in [-0.1, -0.05) is 6.07 Å². The third kappa shape index (κ3) is 6.86. The number of urea groups is 1. The van der Waals surface area contributed by atoms with E-state index in [0.717, 1.165) is 0 Å². The SMILES string of the molecule is CCOc1cc([C@H]2NC(=O)NC(C)=C2C(=O)OC)ccc1OC[C@@H](O)N/N=C\c1cc(OC)c(O)cc1Br. The second-order valence-electron chi connectivity index (χ2n) is 7.96. The highest BCUT2D eigenvalue weighted by Gasteiger charge is 2.32. The van der Waals surface area contributed by atoms with E-state index >= 15 is 0 Å². The molecule has 12 nitrogen and oxygen atoms in total. The number of rotatable bonds is 11. The van der Waals surface area contributed by atoms with Crippen molar-refractivity contribution in [2.45, 2.75) is 26.1 Å². The molecular weight excluding hydrogens is 564 g/mol. The number of carbonyl (C=O) groups excluding carboxylic acids is 2. The molecule has 2 aromatic rings. The van der Waals surface area contributed by atoms with E-state index in [1.807, 2.05) is 0 Å². The molecule has 38 heavy (non-hydrogen) atoms. The van der Waals surface area contributed by atoms with Crippen LogP contribution in [0.2, 0.25) is 0 Å². The summed E-state index contributed by atoms with van der Waals surface area (Å²) in [5.74, 6) is 0.372. The van der Waals surface area contributed by atoms with Gasteiger partial charge in [-0.2, -0.15) is 5.10 Å². The lowest BCUT2D eigenvalue weighted by Gasteiger charge is -2.28. The third-order valence-electron chi connectivity index (χ3n) is 5.40. The molecule has 0 aliphatic carbocycles. The Morgan fingerprint density at radius 3 is 2.66 bits per heavy atom. The molecule has 0 fully saturated rings. The maximum atomic E-state index is 12.4. The number of aromatic hydroxyl groups is 1. The molecule has 0 saturated carbocycles. The average Bonchev–Trinajstić information content (AvgIpc) is 2.88. The minimum atomic E-state index is -1.17. The third-order valence-corrected chi connectivity index (χ3v) is 6.08. The Bertz CT molecular complexity index is 1250. The number of phenols is 1. The number of ether oxygens (including phenoxy) is 4. The van der Waals surface area contributed by atoms with Gasteiger partial charge in [-0.3, -0.25) is 5.43 Å². The van der Waals surface area contributed by atoms with Gasteiger partial charge in [0.1, 0.15) is 6.61 Å². The average molecular weight is 593 g/mol. The van der Waals surface area contributed by atoms with E-state index in [-0.39, 0.29) is 23.7 Å². The van der Waals surface area contributed by atoms with Gasteiger partial charge in [0, 0.05) is 15.7 Å². The van der Waals surface area contributed by atoms with Crippen LogP contribution in [0.3, 0.4) is 0 Å². The van der Waals surface area contributed by atoms with Crippen LogP contribution in [0.4, 0.5) is 4.79 Å². The number of benzene rings is 2. The van der Waals surface area contributed by atoms with Crippen molar-refractivity contribution < 1.29 is 38.7 Å². The van der Waals surface area contributed by atoms with Crippen LogP contribution in [0.5, 0.6) is 23.0 Å². The first-order valence-electron chi connectivity index (χ1n) is 11.5. The smallest absolute Gasteiger partial charge is 0.337 e. The van der Waals surface area contributed by atoms with Crippen LogP contribution < -0.4 is 30.3 Å². The quantitative estimate of drug-likeness (QED) is 0.114. The number of aliphatic hydroxyl groups excluding tert-OH is 1. The molecular formula is C25H29BrN4O8. The molecule has 1 aliphatic heterocycles. The van der Waals surface area contributed by atoms with E-state index in [1.54, 1.807) is 38.1 Å². The number of esters is 1. The summed E-state index contributed by atoms with van der Waals surface area (Å²) in [7, 11) is 2.70. The topological polar surface area (TPSA) is 160 Å². The molecule has 2 aromatic carbocycles. The lowest BCUT2D eigenvalue weighted by Crippen LogP contribution is -2.45. The molecule has 0 unspecified atom stereocenters. The molecule has 2 amide bonds. The number of hydrogen-bond acceptors (Lipinski definition) is 10. The van der Waals surface area contributed by atoms with E-state index in [0.29, 0.717) is 39.4 Å². The first-order chi connectivity index (χ1) is 18.2. The standard InChI is InChI=1S/C25H29BrN4O8/c1-5-37-20-8-14(23-22(24(33)36-4)13(2)28-25(34)29-23)6-7-18(20)38-12-21(32)30-27-11-15-9-19(35-3)17(31)10-16(15)26/h6-11,21,23,30-32H,5,12H2,1-4H3,(H2,28,29,34)/b27-11-/t21-,23-/m1/s1. The van der Waals surface area contributed by atoms with Crippen LogP contribution in [-0.2, 0) is 9.53 Å². The highest BCUT2D eigenvalue weighted by molar-refractivity contribution is 9.10. The van der Waals surface area contributed by atoms with Crippen molar-refractivity contribution >= 4 is 34.1 Å². The van der Waals surface area contributed by atoms with E-state index < -0.39 is 24.3 Å². The largest absolute Gasteiger partial charge is 0.504 e. The molecule has 2 atom stereocenters. The molecule has 0 saturated heterocycles. The van der Waals surface area contributed by atoms with Crippen LogP contribution in [0.1, 0.15) is 31.0 Å². The number of hydrogen-bond donors (Lipinski definition) is 5. The fourth-order valence-electron chi connectivity index (χ4n) is 3.64. The van der Waals surface area contributed by atoms with E-state index in [4.69, 9.17) is 18.9 Å². The summed E-state index contributed by atoms with van der Waals surface area (Å²) < 4.78 is 22.0. The van der Waals surface area contributed by atoms with Crippen LogP contribution in [0, 0.1) is 0 Å². The second-order valence-corrected chi connectivity index (χ2v) is 8.81. The summed E-state index contributed by atoms with van der Waals surface area (Å²) >= 11 is 3.33. The Labute approximate surface area is 227 Å². The second kappa shape index (κ2) is 13.0. The van der Waals surface area contributed by atoms with Gasteiger partial charge in [0.25, 0.3) is 0 Å². The minimum absolute atomic E-state index is 0.0238. The van der Waals surface area contributed by atoms with Gasteiger partial charge in [0.2, 0.25) is 0 Å².